The third-order valence-corrected chi connectivity index (χ3v) is 4.01. The number of carbonyl (C=O) groups excluding carboxylic acids is 1. The van der Waals surface area contributed by atoms with Gasteiger partial charge in [0.15, 0.2) is 0 Å². The second kappa shape index (κ2) is 5.62. The average Bonchev–Trinajstić information content (AvgIpc) is 2.95. The number of hydrogen-bond acceptors (Lipinski definition) is 4. The van der Waals surface area contributed by atoms with E-state index >= 15 is 0 Å². The van der Waals surface area contributed by atoms with Crippen molar-refractivity contribution in [2.45, 2.75) is 31.4 Å². The lowest BCUT2D eigenvalue weighted by Gasteiger charge is -2.16. The van der Waals surface area contributed by atoms with E-state index in [4.69, 9.17) is 5.73 Å². The Kier molecular flexibility index (Phi) is 4.15. The van der Waals surface area contributed by atoms with Gasteiger partial charge in [0, 0.05) is 12.6 Å². The number of thiophene rings is 1. The Hall–Kier alpha value is -0.910. The molecule has 0 aromatic carbocycles. The van der Waals surface area contributed by atoms with Crippen LogP contribution in [0.5, 0.6) is 0 Å². The Morgan fingerprint density at radius 3 is 3.06 bits per heavy atom. The lowest BCUT2D eigenvalue weighted by atomic mass is 10.0. The average molecular weight is 254 g/mol. The topological polar surface area (TPSA) is 75.4 Å². The number of nitrogens with two attached hydrogens (primary N) is 1. The van der Waals surface area contributed by atoms with E-state index in [9.17, 15) is 9.90 Å². The van der Waals surface area contributed by atoms with Crippen molar-refractivity contribution in [3.8, 4) is 0 Å². The van der Waals surface area contributed by atoms with Crippen LogP contribution in [0.15, 0.2) is 16.8 Å². The first-order chi connectivity index (χ1) is 8.18. The highest BCUT2D eigenvalue weighted by Crippen LogP contribution is 2.24. The molecule has 1 amide bonds. The number of aliphatic hydroxyl groups is 1. The molecule has 5 heteroatoms. The third kappa shape index (κ3) is 3.06. The molecule has 1 saturated carbocycles. The highest BCUT2D eigenvalue weighted by molar-refractivity contribution is 7.07. The van der Waals surface area contributed by atoms with Gasteiger partial charge in [0.1, 0.15) is 0 Å². The summed E-state index contributed by atoms with van der Waals surface area (Å²) in [5.41, 5.74) is 6.71. The van der Waals surface area contributed by atoms with Gasteiger partial charge in [-0.15, -0.1) is 0 Å². The minimum absolute atomic E-state index is 0.0201. The Labute approximate surface area is 105 Å². The van der Waals surface area contributed by atoms with Crippen LogP contribution in [0.2, 0.25) is 0 Å². The van der Waals surface area contributed by atoms with Crippen LogP contribution in [0.25, 0.3) is 0 Å². The van der Waals surface area contributed by atoms with Gasteiger partial charge in [0.05, 0.1) is 12.0 Å². The number of carbonyl (C=O) groups is 1. The van der Waals surface area contributed by atoms with E-state index in [1.807, 2.05) is 16.8 Å². The van der Waals surface area contributed by atoms with Crippen molar-refractivity contribution in [1.29, 1.82) is 0 Å². The Bertz CT molecular complexity index is 367. The smallest absolute Gasteiger partial charge is 0.224 e. The van der Waals surface area contributed by atoms with E-state index in [1.54, 1.807) is 0 Å². The van der Waals surface area contributed by atoms with E-state index in [-0.39, 0.29) is 24.4 Å². The van der Waals surface area contributed by atoms with Crippen molar-refractivity contribution in [2.75, 3.05) is 6.54 Å². The number of aliphatic hydroxyl groups excluding tert-OH is 1. The first kappa shape index (κ1) is 12.5. The van der Waals surface area contributed by atoms with Gasteiger partial charge in [-0.2, -0.15) is 11.3 Å². The van der Waals surface area contributed by atoms with Crippen molar-refractivity contribution in [2.24, 2.45) is 11.7 Å². The van der Waals surface area contributed by atoms with Crippen molar-refractivity contribution < 1.29 is 9.90 Å². The molecule has 1 aliphatic rings. The van der Waals surface area contributed by atoms with Gasteiger partial charge in [0.25, 0.3) is 0 Å². The van der Waals surface area contributed by atoms with Crippen molar-refractivity contribution in [3.05, 3.63) is 22.4 Å². The Morgan fingerprint density at radius 2 is 2.47 bits per heavy atom. The summed E-state index contributed by atoms with van der Waals surface area (Å²) in [6.45, 7) is 0.263. The molecular formula is C12H18N2O2S. The molecule has 0 aliphatic heterocycles. The second-order valence-electron chi connectivity index (χ2n) is 4.52. The van der Waals surface area contributed by atoms with Gasteiger partial charge in [-0.3, -0.25) is 4.79 Å². The normalized spacial score (nSPS) is 25.8. The van der Waals surface area contributed by atoms with Crippen molar-refractivity contribution >= 4 is 17.2 Å². The molecule has 1 aromatic rings. The molecule has 4 nitrogen and oxygen atoms in total. The minimum atomic E-state index is -0.622. The van der Waals surface area contributed by atoms with E-state index in [2.05, 4.69) is 5.32 Å². The van der Waals surface area contributed by atoms with E-state index in [1.165, 1.54) is 11.3 Å². The molecule has 0 spiro atoms. The molecule has 0 bridgehead atoms. The highest BCUT2D eigenvalue weighted by atomic mass is 32.1. The number of rotatable bonds is 4. The zero-order valence-corrected chi connectivity index (χ0v) is 10.5. The summed E-state index contributed by atoms with van der Waals surface area (Å²) in [5, 5.41) is 16.4. The summed E-state index contributed by atoms with van der Waals surface area (Å²) in [4.78, 5) is 11.8. The fraction of sp³-hybridized carbons (Fsp3) is 0.583. The largest absolute Gasteiger partial charge is 0.387 e. The molecule has 17 heavy (non-hydrogen) atoms. The molecule has 1 aliphatic carbocycles. The van der Waals surface area contributed by atoms with Crippen LogP contribution >= 0.6 is 11.3 Å². The van der Waals surface area contributed by atoms with Gasteiger partial charge >= 0.3 is 0 Å². The first-order valence-corrected chi connectivity index (χ1v) is 6.86. The van der Waals surface area contributed by atoms with Crippen LogP contribution in [-0.2, 0) is 4.79 Å². The molecule has 2 rings (SSSR count). The summed E-state index contributed by atoms with van der Waals surface area (Å²) in [5.74, 6) is -0.103. The third-order valence-electron chi connectivity index (χ3n) is 3.30. The van der Waals surface area contributed by atoms with Gasteiger partial charge in [-0.05, 0) is 35.2 Å². The fourth-order valence-electron chi connectivity index (χ4n) is 2.23. The van der Waals surface area contributed by atoms with Crippen molar-refractivity contribution in [3.63, 3.8) is 0 Å². The maximum atomic E-state index is 11.8. The number of hydrogen-bond donors (Lipinski definition) is 3. The molecule has 94 valence electrons. The van der Waals surface area contributed by atoms with Gasteiger partial charge in [-0.25, -0.2) is 0 Å². The van der Waals surface area contributed by atoms with Crippen LogP contribution in [0.3, 0.4) is 0 Å². The molecule has 0 radical (unpaired) electrons. The van der Waals surface area contributed by atoms with E-state index < -0.39 is 6.10 Å². The molecule has 1 fully saturated rings. The van der Waals surface area contributed by atoms with Gasteiger partial charge < -0.3 is 16.2 Å². The molecule has 1 aromatic heterocycles. The molecule has 0 saturated heterocycles. The maximum absolute atomic E-state index is 11.8. The summed E-state index contributed by atoms with van der Waals surface area (Å²) >= 11 is 1.54. The molecule has 3 atom stereocenters. The van der Waals surface area contributed by atoms with Crippen LogP contribution in [0.1, 0.15) is 30.9 Å². The van der Waals surface area contributed by atoms with E-state index in [0.717, 1.165) is 24.8 Å². The maximum Gasteiger partial charge on any atom is 0.224 e. The molecule has 1 heterocycles. The zero-order valence-electron chi connectivity index (χ0n) is 9.63. The summed E-state index contributed by atoms with van der Waals surface area (Å²) in [7, 11) is 0. The summed E-state index contributed by atoms with van der Waals surface area (Å²) in [6.07, 6.45) is 2.18. The standard InChI is InChI=1S/C12H18N2O2S/c13-10-3-1-2-9(10)12(16)14-6-11(15)8-4-5-17-7-8/h4-5,7,9-11,15H,1-3,6,13H2,(H,14,16). The Morgan fingerprint density at radius 1 is 1.65 bits per heavy atom. The monoisotopic (exact) mass is 254 g/mol. The predicted octanol–water partition coefficient (Wildman–Crippen LogP) is 1.03. The SMILES string of the molecule is NC1CCCC1C(=O)NCC(O)c1ccsc1. The Balaban J connectivity index is 1.80. The highest BCUT2D eigenvalue weighted by Gasteiger charge is 2.30. The van der Waals surface area contributed by atoms with Gasteiger partial charge in [0.2, 0.25) is 5.91 Å². The fourth-order valence-corrected chi connectivity index (χ4v) is 2.93. The summed E-state index contributed by atoms with van der Waals surface area (Å²) < 4.78 is 0. The number of nitrogens with one attached hydrogen (secondary N) is 1. The minimum Gasteiger partial charge on any atom is -0.387 e. The van der Waals surface area contributed by atoms with Crippen LogP contribution < -0.4 is 11.1 Å². The quantitative estimate of drug-likeness (QED) is 0.751. The first-order valence-electron chi connectivity index (χ1n) is 5.92. The summed E-state index contributed by atoms with van der Waals surface area (Å²) in [6, 6.07) is 1.84. The molecule has 3 unspecified atom stereocenters. The van der Waals surface area contributed by atoms with Crippen molar-refractivity contribution in [1.82, 2.24) is 5.32 Å². The zero-order chi connectivity index (χ0) is 12.3. The molecule has 4 N–H and O–H groups in total. The lowest BCUT2D eigenvalue weighted by molar-refractivity contribution is -0.125. The predicted molar refractivity (Wildman–Crippen MR) is 67.6 cm³/mol. The lowest BCUT2D eigenvalue weighted by Crippen LogP contribution is -2.40. The van der Waals surface area contributed by atoms with Crippen LogP contribution in [-0.4, -0.2) is 23.6 Å². The van der Waals surface area contributed by atoms with Crippen LogP contribution in [0.4, 0.5) is 0 Å². The number of amides is 1. The van der Waals surface area contributed by atoms with Crippen LogP contribution in [0, 0.1) is 5.92 Å². The second-order valence-corrected chi connectivity index (χ2v) is 5.30. The van der Waals surface area contributed by atoms with E-state index in [0.29, 0.717) is 0 Å². The van der Waals surface area contributed by atoms with Gasteiger partial charge in [-0.1, -0.05) is 6.42 Å². The molecular weight excluding hydrogens is 236 g/mol.